The van der Waals surface area contributed by atoms with Crippen LogP contribution in [0.3, 0.4) is 0 Å². The van der Waals surface area contributed by atoms with E-state index in [1.165, 1.54) is 12.1 Å². The van der Waals surface area contributed by atoms with Crippen molar-refractivity contribution in [3.8, 4) is 17.3 Å². The molecule has 0 radical (unpaired) electrons. The van der Waals surface area contributed by atoms with E-state index in [1.54, 1.807) is 31.6 Å². The normalized spacial score (nSPS) is 10.8. The number of halogens is 1. The molecule has 3 rings (SSSR count). The molecule has 0 fully saturated rings. The van der Waals surface area contributed by atoms with Crippen LogP contribution in [0.15, 0.2) is 36.7 Å². The van der Waals surface area contributed by atoms with Gasteiger partial charge in [-0.25, -0.2) is 19.3 Å². The Bertz CT molecular complexity index is 780. The van der Waals surface area contributed by atoms with Crippen LogP contribution in [0, 0.1) is 5.82 Å². The molecule has 0 atom stereocenters. The van der Waals surface area contributed by atoms with E-state index in [0.29, 0.717) is 30.1 Å². The number of hydrogen-bond acceptors (Lipinski definition) is 6. The van der Waals surface area contributed by atoms with Gasteiger partial charge in [-0.15, -0.1) is 0 Å². The first-order valence-corrected chi connectivity index (χ1v) is 6.64. The fourth-order valence-corrected chi connectivity index (χ4v) is 1.85. The van der Waals surface area contributed by atoms with Gasteiger partial charge in [0, 0.05) is 12.7 Å². The third-order valence-electron chi connectivity index (χ3n) is 2.94. The largest absolute Gasteiger partial charge is 0.461 e. The fourth-order valence-electron chi connectivity index (χ4n) is 1.85. The van der Waals surface area contributed by atoms with Crippen molar-refractivity contribution in [1.82, 2.24) is 19.9 Å². The lowest BCUT2D eigenvalue weighted by Gasteiger charge is -2.05. The average Bonchev–Trinajstić information content (AvgIpc) is 2.55. The smallest absolute Gasteiger partial charge is 0.318 e. The molecule has 6 nitrogen and oxygen atoms in total. The number of rotatable bonds is 5. The van der Waals surface area contributed by atoms with Crippen LogP contribution in [-0.2, 0) is 4.74 Å². The minimum Gasteiger partial charge on any atom is -0.461 e. The summed E-state index contributed by atoms with van der Waals surface area (Å²) in [5.74, 6) is -0.293. The average molecular weight is 300 g/mol. The molecule has 0 unspecified atom stereocenters. The van der Waals surface area contributed by atoms with Crippen molar-refractivity contribution >= 4 is 11.2 Å². The Morgan fingerprint density at radius 1 is 1.00 bits per heavy atom. The molecule has 0 aliphatic heterocycles. The molecule has 0 saturated carbocycles. The van der Waals surface area contributed by atoms with E-state index in [2.05, 4.69) is 19.9 Å². The number of nitrogens with zero attached hydrogens (tertiary/aromatic N) is 4. The van der Waals surface area contributed by atoms with E-state index in [9.17, 15) is 4.39 Å². The lowest BCUT2D eigenvalue weighted by atomic mass is 10.1. The van der Waals surface area contributed by atoms with Gasteiger partial charge in [0.15, 0.2) is 5.65 Å². The summed E-state index contributed by atoms with van der Waals surface area (Å²) in [6.45, 7) is 0.819. The summed E-state index contributed by atoms with van der Waals surface area (Å²) in [6.07, 6.45) is 3.13. The van der Waals surface area contributed by atoms with Crippen LogP contribution < -0.4 is 4.74 Å². The Labute approximate surface area is 126 Å². The van der Waals surface area contributed by atoms with Gasteiger partial charge in [0.2, 0.25) is 0 Å². The zero-order chi connectivity index (χ0) is 15.4. The molecular weight excluding hydrogens is 287 g/mol. The molecule has 0 N–H and O–H groups in total. The van der Waals surface area contributed by atoms with Crippen LogP contribution in [0.5, 0.6) is 6.01 Å². The molecule has 3 aromatic rings. The summed E-state index contributed by atoms with van der Waals surface area (Å²) in [5, 5.41) is 0. The summed E-state index contributed by atoms with van der Waals surface area (Å²) >= 11 is 0. The SMILES string of the molecule is COCCOc1ncc2nc(-c3ccc(F)cc3)cnc2n1. The number of aromatic nitrogens is 4. The Hall–Kier alpha value is -2.67. The van der Waals surface area contributed by atoms with Crippen LogP contribution in [0.25, 0.3) is 22.4 Å². The molecule has 0 saturated heterocycles. The second-order valence-electron chi connectivity index (χ2n) is 4.46. The molecule has 1 aromatic carbocycles. The summed E-state index contributed by atoms with van der Waals surface area (Å²) < 4.78 is 23.2. The van der Waals surface area contributed by atoms with Crippen molar-refractivity contribution in [3.05, 3.63) is 42.5 Å². The topological polar surface area (TPSA) is 70.0 Å². The summed E-state index contributed by atoms with van der Waals surface area (Å²) in [6, 6.07) is 6.28. The Kier molecular flexibility index (Phi) is 4.15. The quantitative estimate of drug-likeness (QED) is 0.673. The van der Waals surface area contributed by atoms with Crippen molar-refractivity contribution < 1.29 is 13.9 Å². The van der Waals surface area contributed by atoms with Crippen LogP contribution in [0.1, 0.15) is 0 Å². The van der Waals surface area contributed by atoms with Crippen LogP contribution in [-0.4, -0.2) is 40.3 Å². The standard InChI is InChI=1S/C15H13FN4O2/c1-21-6-7-22-15-18-9-13-14(20-15)17-8-12(19-13)10-2-4-11(16)5-3-10/h2-5,8-9H,6-7H2,1H3. The number of hydrogen-bond donors (Lipinski definition) is 0. The first-order chi connectivity index (χ1) is 10.8. The summed E-state index contributed by atoms with van der Waals surface area (Å²) in [4.78, 5) is 16.9. The minimum atomic E-state index is -0.293. The van der Waals surface area contributed by atoms with E-state index in [4.69, 9.17) is 9.47 Å². The first kappa shape index (κ1) is 14.3. The van der Waals surface area contributed by atoms with Crippen molar-refractivity contribution in [2.45, 2.75) is 0 Å². The maximum absolute atomic E-state index is 12.9. The van der Waals surface area contributed by atoms with Gasteiger partial charge in [0.1, 0.15) is 17.9 Å². The lowest BCUT2D eigenvalue weighted by Crippen LogP contribution is -2.07. The molecule has 0 aliphatic carbocycles. The molecule has 0 amide bonds. The van der Waals surface area contributed by atoms with Crippen LogP contribution in [0.4, 0.5) is 4.39 Å². The van der Waals surface area contributed by atoms with Gasteiger partial charge in [-0.2, -0.15) is 4.98 Å². The van der Waals surface area contributed by atoms with E-state index in [1.807, 2.05) is 0 Å². The van der Waals surface area contributed by atoms with Gasteiger partial charge in [0.25, 0.3) is 0 Å². The predicted molar refractivity (Wildman–Crippen MR) is 77.9 cm³/mol. The van der Waals surface area contributed by atoms with Gasteiger partial charge < -0.3 is 9.47 Å². The van der Waals surface area contributed by atoms with Gasteiger partial charge in [-0.3, -0.25) is 0 Å². The maximum Gasteiger partial charge on any atom is 0.318 e. The Morgan fingerprint density at radius 2 is 1.82 bits per heavy atom. The third-order valence-corrected chi connectivity index (χ3v) is 2.94. The van der Waals surface area contributed by atoms with Crippen molar-refractivity contribution in [2.24, 2.45) is 0 Å². The maximum atomic E-state index is 12.9. The minimum absolute atomic E-state index is 0.230. The second kappa shape index (κ2) is 6.40. The highest BCUT2D eigenvalue weighted by molar-refractivity contribution is 5.72. The lowest BCUT2D eigenvalue weighted by molar-refractivity contribution is 0.141. The molecular formula is C15H13FN4O2. The zero-order valence-corrected chi connectivity index (χ0v) is 11.9. The highest BCUT2D eigenvalue weighted by Gasteiger charge is 2.06. The fraction of sp³-hybridized carbons (Fsp3) is 0.200. The highest BCUT2D eigenvalue weighted by atomic mass is 19.1. The third kappa shape index (κ3) is 3.15. The molecule has 112 valence electrons. The first-order valence-electron chi connectivity index (χ1n) is 6.64. The second-order valence-corrected chi connectivity index (χ2v) is 4.46. The zero-order valence-electron chi connectivity index (χ0n) is 11.9. The Balaban J connectivity index is 1.87. The van der Waals surface area contributed by atoms with Crippen molar-refractivity contribution in [1.29, 1.82) is 0 Å². The molecule has 2 aromatic heterocycles. The molecule has 7 heteroatoms. The Morgan fingerprint density at radius 3 is 2.59 bits per heavy atom. The van der Waals surface area contributed by atoms with E-state index < -0.39 is 0 Å². The van der Waals surface area contributed by atoms with E-state index >= 15 is 0 Å². The number of methoxy groups -OCH3 is 1. The van der Waals surface area contributed by atoms with Crippen LogP contribution in [0.2, 0.25) is 0 Å². The number of benzene rings is 1. The predicted octanol–water partition coefficient (Wildman–Crippen LogP) is 2.25. The number of fused-ring (bicyclic) bond motifs is 1. The van der Waals surface area contributed by atoms with E-state index in [-0.39, 0.29) is 11.8 Å². The van der Waals surface area contributed by atoms with Gasteiger partial charge in [-0.1, -0.05) is 0 Å². The molecule has 0 spiro atoms. The molecule has 22 heavy (non-hydrogen) atoms. The van der Waals surface area contributed by atoms with Gasteiger partial charge >= 0.3 is 6.01 Å². The van der Waals surface area contributed by atoms with Crippen molar-refractivity contribution in [2.75, 3.05) is 20.3 Å². The van der Waals surface area contributed by atoms with Crippen LogP contribution >= 0.6 is 0 Å². The number of ether oxygens (including phenoxy) is 2. The monoisotopic (exact) mass is 300 g/mol. The summed E-state index contributed by atoms with van der Waals surface area (Å²) in [5.41, 5.74) is 2.38. The van der Waals surface area contributed by atoms with E-state index in [0.717, 1.165) is 5.56 Å². The molecule has 0 aliphatic rings. The van der Waals surface area contributed by atoms with Gasteiger partial charge in [-0.05, 0) is 24.3 Å². The van der Waals surface area contributed by atoms with Gasteiger partial charge in [0.05, 0.1) is 24.7 Å². The molecule has 0 bridgehead atoms. The van der Waals surface area contributed by atoms with Crippen molar-refractivity contribution in [3.63, 3.8) is 0 Å². The summed E-state index contributed by atoms with van der Waals surface area (Å²) in [7, 11) is 1.59. The molecule has 2 heterocycles. The highest BCUT2D eigenvalue weighted by Crippen LogP contribution is 2.19.